The Bertz CT molecular complexity index is 932. The molecule has 1 saturated heterocycles. The van der Waals surface area contributed by atoms with Crippen LogP contribution in [0, 0.1) is 5.92 Å². The number of likely N-dealkylation sites (tertiary alicyclic amines) is 1. The predicted octanol–water partition coefficient (Wildman–Crippen LogP) is 6.43. The fraction of sp³-hybridized carbons (Fsp3) is 0.444. The van der Waals surface area contributed by atoms with Gasteiger partial charge < -0.3 is 4.74 Å². The highest BCUT2D eigenvalue weighted by atomic mass is 16.5. The smallest absolute Gasteiger partial charge is 0.119 e. The maximum Gasteiger partial charge on any atom is 0.119 e. The molecule has 0 saturated carbocycles. The van der Waals surface area contributed by atoms with Gasteiger partial charge in [-0.2, -0.15) is 0 Å². The molecule has 4 rings (SSSR count). The van der Waals surface area contributed by atoms with Crippen LogP contribution >= 0.6 is 0 Å². The van der Waals surface area contributed by atoms with E-state index in [4.69, 9.17) is 4.74 Å². The molecule has 158 valence electrons. The third-order valence-corrected chi connectivity index (χ3v) is 6.76. The van der Waals surface area contributed by atoms with Crippen LogP contribution in [0.25, 0.3) is 10.9 Å². The van der Waals surface area contributed by atoms with Gasteiger partial charge in [0.05, 0.1) is 12.6 Å². The first kappa shape index (κ1) is 20.9. The normalized spacial score (nSPS) is 16.6. The summed E-state index contributed by atoms with van der Waals surface area (Å²) in [5, 5.41) is 1.24. The van der Waals surface area contributed by atoms with Crippen LogP contribution < -0.4 is 4.74 Å². The van der Waals surface area contributed by atoms with E-state index in [-0.39, 0.29) is 0 Å². The minimum Gasteiger partial charge on any atom is -0.497 e. The van der Waals surface area contributed by atoms with Crippen molar-refractivity contribution in [3.63, 3.8) is 0 Å². The van der Waals surface area contributed by atoms with Crippen molar-refractivity contribution in [2.24, 2.45) is 5.92 Å². The van der Waals surface area contributed by atoms with E-state index >= 15 is 0 Å². The molecule has 3 nitrogen and oxygen atoms in total. The number of piperidine rings is 1. The van der Waals surface area contributed by atoms with E-state index in [9.17, 15) is 0 Å². The monoisotopic (exact) mass is 402 g/mol. The van der Waals surface area contributed by atoms with Crippen molar-refractivity contribution in [2.75, 3.05) is 20.2 Å². The first-order chi connectivity index (χ1) is 14.8. The average Bonchev–Trinajstić information content (AvgIpc) is 2.81. The SMILES string of the molecule is CCC(c1ccccc1)N1CCC(CCCc2ccnc3ccc(OC)cc23)CC1. The summed E-state index contributed by atoms with van der Waals surface area (Å²) in [6.45, 7) is 4.78. The van der Waals surface area contributed by atoms with Crippen LogP contribution in [0.3, 0.4) is 0 Å². The fourth-order valence-electron chi connectivity index (χ4n) is 5.04. The van der Waals surface area contributed by atoms with Gasteiger partial charge in [0.2, 0.25) is 0 Å². The lowest BCUT2D eigenvalue weighted by molar-refractivity contribution is 0.125. The van der Waals surface area contributed by atoms with Crippen LogP contribution in [0.15, 0.2) is 60.8 Å². The van der Waals surface area contributed by atoms with Crippen molar-refractivity contribution < 1.29 is 4.74 Å². The lowest BCUT2D eigenvalue weighted by atomic mass is 9.89. The number of rotatable bonds is 8. The number of methoxy groups -OCH3 is 1. The lowest BCUT2D eigenvalue weighted by Gasteiger charge is -2.37. The molecular weight excluding hydrogens is 368 g/mol. The minimum atomic E-state index is 0.574. The topological polar surface area (TPSA) is 25.4 Å². The summed E-state index contributed by atoms with van der Waals surface area (Å²) in [5.74, 6) is 1.77. The highest BCUT2D eigenvalue weighted by Crippen LogP contribution is 2.31. The van der Waals surface area contributed by atoms with Gasteiger partial charge in [0, 0.05) is 17.6 Å². The zero-order valence-electron chi connectivity index (χ0n) is 18.4. The highest BCUT2D eigenvalue weighted by Gasteiger charge is 2.24. The van der Waals surface area contributed by atoms with Crippen LogP contribution in [-0.2, 0) is 6.42 Å². The Morgan fingerprint density at radius 1 is 1.07 bits per heavy atom. The quantitative estimate of drug-likeness (QED) is 0.434. The summed E-state index contributed by atoms with van der Waals surface area (Å²) in [5.41, 5.74) is 3.93. The molecule has 1 fully saturated rings. The van der Waals surface area contributed by atoms with Gasteiger partial charge in [0.1, 0.15) is 5.75 Å². The van der Waals surface area contributed by atoms with E-state index in [0.717, 1.165) is 23.6 Å². The number of pyridine rings is 1. The zero-order valence-corrected chi connectivity index (χ0v) is 18.4. The van der Waals surface area contributed by atoms with E-state index in [1.54, 1.807) is 7.11 Å². The van der Waals surface area contributed by atoms with E-state index in [2.05, 4.69) is 65.3 Å². The average molecular weight is 403 g/mol. The van der Waals surface area contributed by atoms with Gasteiger partial charge in [-0.05, 0) is 86.5 Å². The second-order valence-electron chi connectivity index (χ2n) is 8.56. The molecule has 1 aliphatic heterocycles. The third-order valence-electron chi connectivity index (χ3n) is 6.76. The maximum atomic E-state index is 5.41. The fourth-order valence-corrected chi connectivity index (χ4v) is 5.04. The van der Waals surface area contributed by atoms with Crippen molar-refractivity contribution in [1.29, 1.82) is 0 Å². The molecule has 1 aliphatic rings. The lowest BCUT2D eigenvalue weighted by Crippen LogP contribution is -2.36. The maximum absolute atomic E-state index is 5.41. The number of hydrogen-bond acceptors (Lipinski definition) is 3. The Labute approximate surface area is 181 Å². The number of nitrogens with zero attached hydrogens (tertiary/aromatic N) is 2. The molecule has 30 heavy (non-hydrogen) atoms. The van der Waals surface area contributed by atoms with Gasteiger partial charge in [-0.3, -0.25) is 9.88 Å². The van der Waals surface area contributed by atoms with E-state index < -0.39 is 0 Å². The van der Waals surface area contributed by atoms with Crippen LogP contribution in [0.2, 0.25) is 0 Å². The summed E-state index contributed by atoms with van der Waals surface area (Å²) in [6.07, 6.45) is 9.47. The minimum absolute atomic E-state index is 0.574. The number of hydrogen-bond donors (Lipinski definition) is 0. The van der Waals surface area contributed by atoms with Gasteiger partial charge in [-0.25, -0.2) is 0 Å². The van der Waals surface area contributed by atoms with Crippen molar-refractivity contribution in [2.45, 2.75) is 51.5 Å². The van der Waals surface area contributed by atoms with Crippen LogP contribution in [-0.4, -0.2) is 30.1 Å². The summed E-state index contributed by atoms with van der Waals surface area (Å²) in [7, 11) is 1.73. The molecule has 0 N–H and O–H groups in total. The molecule has 1 atom stereocenters. The molecule has 0 radical (unpaired) electrons. The van der Waals surface area contributed by atoms with Crippen LogP contribution in [0.4, 0.5) is 0 Å². The van der Waals surface area contributed by atoms with Crippen LogP contribution in [0.5, 0.6) is 5.75 Å². The molecule has 2 aromatic carbocycles. The Morgan fingerprint density at radius 2 is 1.87 bits per heavy atom. The molecule has 0 aliphatic carbocycles. The number of benzene rings is 2. The Hall–Kier alpha value is -2.39. The van der Waals surface area contributed by atoms with Crippen molar-refractivity contribution >= 4 is 10.9 Å². The number of fused-ring (bicyclic) bond motifs is 1. The van der Waals surface area contributed by atoms with E-state index in [1.807, 2.05) is 12.3 Å². The van der Waals surface area contributed by atoms with Crippen molar-refractivity contribution in [3.05, 3.63) is 71.9 Å². The molecule has 0 bridgehead atoms. The Balaban J connectivity index is 1.30. The molecule has 1 aromatic heterocycles. The number of aromatic nitrogens is 1. The Kier molecular flexibility index (Phi) is 7.01. The number of aryl methyl sites for hydroxylation is 1. The first-order valence-electron chi connectivity index (χ1n) is 11.5. The van der Waals surface area contributed by atoms with Gasteiger partial charge >= 0.3 is 0 Å². The first-order valence-corrected chi connectivity index (χ1v) is 11.5. The van der Waals surface area contributed by atoms with Gasteiger partial charge in [0.15, 0.2) is 0 Å². The third kappa shape index (κ3) is 4.84. The highest BCUT2D eigenvalue weighted by molar-refractivity contribution is 5.83. The van der Waals surface area contributed by atoms with Crippen molar-refractivity contribution in [1.82, 2.24) is 9.88 Å². The Morgan fingerprint density at radius 3 is 2.60 bits per heavy atom. The second kappa shape index (κ2) is 10.1. The second-order valence-corrected chi connectivity index (χ2v) is 8.56. The zero-order chi connectivity index (χ0) is 20.8. The molecule has 3 aromatic rings. The summed E-state index contributed by atoms with van der Waals surface area (Å²) in [4.78, 5) is 7.21. The molecule has 0 spiro atoms. The largest absolute Gasteiger partial charge is 0.497 e. The van der Waals surface area contributed by atoms with E-state index in [0.29, 0.717) is 6.04 Å². The summed E-state index contributed by atoms with van der Waals surface area (Å²) < 4.78 is 5.41. The van der Waals surface area contributed by atoms with Crippen LogP contribution in [0.1, 0.15) is 56.2 Å². The molecule has 3 heteroatoms. The van der Waals surface area contributed by atoms with E-state index in [1.165, 1.54) is 61.7 Å². The van der Waals surface area contributed by atoms with Gasteiger partial charge in [-0.15, -0.1) is 0 Å². The number of ether oxygens (including phenoxy) is 1. The summed E-state index contributed by atoms with van der Waals surface area (Å²) >= 11 is 0. The standard InChI is InChI=1S/C27H34N2O/c1-3-27(23-9-5-4-6-10-23)29-18-15-21(16-19-29)8-7-11-22-14-17-28-26-13-12-24(30-2)20-25(22)26/h4-6,9-10,12-14,17,20-21,27H,3,7-8,11,15-16,18-19H2,1-2H3. The molecule has 1 unspecified atom stereocenters. The molecular formula is C27H34N2O. The molecule has 2 heterocycles. The summed E-state index contributed by atoms with van der Waals surface area (Å²) in [6, 6.07) is 20.0. The van der Waals surface area contributed by atoms with Gasteiger partial charge in [-0.1, -0.05) is 43.7 Å². The van der Waals surface area contributed by atoms with Crippen molar-refractivity contribution in [3.8, 4) is 5.75 Å². The predicted molar refractivity (Wildman–Crippen MR) is 125 cm³/mol. The molecule has 0 amide bonds. The van der Waals surface area contributed by atoms with Gasteiger partial charge in [0.25, 0.3) is 0 Å².